The van der Waals surface area contributed by atoms with Crippen LogP contribution in [-0.4, -0.2) is 4.98 Å². The number of benzene rings is 1. The Morgan fingerprint density at radius 3 is 2.64 bits per heavy atom. The van der Waals surface area contributed by atoms with Crippen LogP contribution >= 0.6 is 11.3 Å². The van der Waals surface area contributed by atoms with Crippen molar-refractivity contribution in [3.8, 4) is 11.3 Å². The first-order valence-corrected chi connectivity index (χ1v) is 4.97. The van der Waals surface area contributed by atoms with E-state index in [4.69, 9.17) is 0 Å². The van der Waals surface area contributed by atoms with E-state index in [0.29, 0.717) is 11.3 Å². The van der Waals surface area contributed by atoms with E-state index in [1.807, 2.05) is 0 Å². The summed E-state index contributed by atoms with van der Waals surface area (Å²) in [6.45, 7) is 1.53. The normalized spacial score (nSPS) is 10.5. The molecule has 1 heterocycles. The van der Waals surface area contributed by atoms with Gasteiger partial charge in [-0.1, -0.05) is 0 Å². The van der Waals surface area contributed by atoms with Crippen molar-refractivity contribution in [3.63, 3.8) is 0 Å². The zero-order valence-electron chi connectivity index (χ0n) is 7.42. The average Bonchev–Trinajstić information content (AvgIpc) is 2.64. The number of thiazole rings is 1. The van der Waals surface area contributed by atoms with Gasteiger partial charge in [0, 0.05) is 10.9 Å². The molecule has 0 spiro atoms. The van der Waals surface area contributed by atoms with Crippen molar-refractivity contribution in [1.82, 2.24) is 4.98 Å². The molecule has 0 aliphatic rings. The predicted octanol–water partition coefficient (Wildman–Crippen LogP) is 3.40. The van der Waals surface area contributed by atoms with Gasteiger partial charge in [-0.25, -0.2) is 13.8 Å². The Morgan fingerprint density at radius 1 is 1.21 bits per heavy atom. The summed E-state index contributed by atoms with van der Waals surface area (Å²) in [5.74, 6) is -0.843. The molecule has 1 aromatic heterocycles. The third-order valence-electron chi connectivity index (χ3n) is 1.96. The van der Waals surface area contributed by atoms with Gasteiger partial charge in [-0.15, -0.1) is 11.3 Å². The summed E-state index contributed by atoms with van der Waals surface area (Å²) < 4.78 is 26.6. The fourth-order valence-electron chi connectivity index (χ4n) is 1.19. The highest BCUT2D eigenvalue weighted by atomic mass is 32.1. The van der Waals surface area contributed by atoms with E-state index in [9.17, 15) is 8.78 Å². The molecule has 0 aliphatic carbocycles. The molecule has 0 bridgehead atoms. The van der Waals surface area contributed by atoms with Gasteiger partial charge in [0.25, 0.3) is 0 Å². The highest BCUT2D eigenvalue weighted by Crippen LogP contribution is 2.24. The van der Waals surface area contributed by atoms with Crippen molar-refractivity contribution >= 4 is 11.3 Å². The van der Waals surface area contributed by atoms with Crippen molar-refractivity contribution in [2.45, 2.75) is 6.92 Å². The fraction of sp³-hybridized carbons (Fsp3) is 0.100. The van der Waals surface area contributed by atoms with Crippen molar-refractivity contribution in [2.75, 3.05) is 0 Å². The van der Waals surface area contributed by atoms with Crippen molar-refractivity contribution < 1.29 is 8.78 Å². The monoisotopic (exact) mass is 211 g/mol. The predicted molar refractivity (Wildman–Crippen MR) is 52.2 cm³/mol. The van der Waals surface area contributed by atoms with Crippen molar-refractivity contribution in [1.29, 1.82) is 0 Å². The molecule has 0 radical (unpaired) electrons. The van der Waals surface area contributed by atoms with Crippen LogP contribution in [0.2, 0.25) is 0 Å². The molecule has 0 unspecified atom stereocenters. The number of hydrogen-bond acceptors (Lipinski definition) is 2. The Balaban J connectivity index is 2.60. The third-order valence-corrected chi connectivity index (χ3v) is 2.54. The van der Waals surface area contributed by atoms with Crippen LogP contribution in [0.3, 0.4) is 0 Å². The molecule has 72 valence electrons. The molecule has 1 aromatic carbocycles. The largest absolute Gasteiger partial charge is 0.245 e. The zero-order chi connectivity index (χ0) is 10.1. The van der Waals surface area contributed by atoms with E-state index in [2.05, 4.69) is 4.98 Å². The highest BCUT2D eigenvalue weighted by molar-refractivity contribution is 7.07. The number of hydrogen-bond donors (Lipinski definition) is 0. The fourth-order valence-corrected chi connectivity index (χ4v) is 1.74. The van der Waals surface area contributed by atoms with Gasteiger partial charge in [-0.05, 0) is 24.6 Å². The van der Waals surface area contributed by atoms with Gasteiger partial charge in [0.1, 0.15) is 11.6 Å². The van der Waals surface area contributed by atoms with Crippen LogP contribution < -0.4 is 0 Å². The molecular formula is C10H7F2NS. The molecular weight excluding hydrogens is 204 g/mol. The smallest absolute Gasteiger partial charge is 0.133 e. The summed E-state index contributed by atoms with van der Waals surface area (Å²) in [4.78, 5) is 3.93. The second kappa shape index (κ2) is 3.46. The number of aromatic nitrogens is 1. The molecule has 0 saturated heterocycles. The number of halogens is 2. The van der Waals surface area contributed by atoms with E-state index in [1.165, 1.54) is 30.4 Å². The summed E-state index contributed by atoms with van der Waals surface area (Å²) >= 11 is 1.35. The zero-order valence-corrected chi connectivity index (χ0v) is 8.24. The van der Waals surface area contributed by atoms with E-state index in [-0.39, 0.29) is 5.56 Å². The second-order valence-corrected chi connectivity index (χ2v) is 3.67. The maximum absolute atomic E-state index is 13.4. The topological polar surface area (TPSA) is 12.9 Å². The van der Waals surface area contributed by atoms with Gasteiger partial charge in [0.05, 0.1) is 11.2 Å². The first-order chi connectivity index (χ1) is 6.68. The maximum Gasteiger partial charge on any atom is 0.133 e. The van der Waals surface area contributed by atoms with Crippen LogP contribution in [0.4, 0.5) is 8.78 Å². The molecule has 0 aliphatic heterocycles. The van der Waals surface area contributed by atoms with E-state index >= 15 is 0 Å². The molecule has 1 nitrogen and oxygen atoms in total. The van der Waals surface area contributed by atoms with Crippen LogP contribution in [0.25, 0.3) is 11.3 Å². The SMILES string of the molecule is Cc1cc(F)c(-c2cscn2)cc1F. The standard InChI is InChI=1S/C10H7F2NS/c1-6-2-9(12)7(3-8(6)11)10-4-14-5-13-10/h2-5H,1H3. The Bertz CT molecular complexity index is 451. The Labute approximate surface area is 84.0 Å². The molecule has 0 saturated carbocycles. The van der Waals surface area contributed by atoms with Crippen LogP contribution in [0, 0.1) is 18.6 Å². The lowest BCUT2D eigenvalue weighted by Crippen LogP contribution is -1.90. The van der Waals surface area contributed by atoms with Crippen LogP contribution in [0.5, 0.6) is 0 Å². The quantitative estimate of drug-likeness (QED) is 0.704. The number of aryl methyl sites for hydroxylation is 1. The molecule has 0 N–H and O–H groups in total. The lowest BCUT2D eigenvalue weighted by Gasteiger charge is -2.02. The van der Waals surface area contributed by atoms with Crippen LogP contribution in [0.1, 0.15) is 5.56 Å². The first kappa shape index (κ1) is 9.27. The summed E-state index contributed by atoms with van der Waals surface area (Å²) in [5.41, 5.74) is 2.59. The molecule has 2 aromatic rings. The van der Waals surface area contributed by atoms with E-state index < -0.39 is 11.6 Å². The lowest BCUT2D eigenvalue weighted by molar-refractivity contribution is 0.595. The number of rotatable bonds is 1. The molecule has 0 amide bonds. The van der Waals surface area contributed by atoms with Gasteiger partial charge < -0.3 is 0 Å². The Morgan fingerprint density at radius 2 is 2.00 bits per heavy atom. The van der Waals surface area contributed by atoms with Crippen LogP contribution in [-0.2, 0) is 0 Å². The van der Waals surface area contributed by atoms with Crippen LogP contribution in [0.15, 0.2) is 23.0 Å². The molecule has 0 atom stereocenters. The Kier molecular flexibility index (Phi) is 2.29. The minimum Gasteiger partial charge on any atom is -0.245 e. The van der Waals surface area contributed by atoms with Crippen molar-refractivity contribution in [3.05, 3.63) is 40.2 Å². The lowest BCUT2D eigenvalue weighted by atomic mass is 10.1. The van der Waals surface area contributed by atoms with Gasteiger partial charge >= 0.3 is 0 Å². The Hall–Kier alpha value is -1.29. The summed E-state index contributed by atoms with van der Waals surface area (Å²) in [6.07, 6.45) is 0. The minimum absolute atomic E-state index is 0.217. The molecule has 14 heavy (non-hydrogen) atoms. The third kappa shape index (κ3) is 1.53. The van der Waals surface area contributed by atoms with Crippen molar-refractivity contribution in [2.24, 2.45) is 0 Å². The maximum atomic E-state index is 13.4. The summed E-state index contributed by atoms with van der Waals surface area (Å²) in [7, 11) is 0. The molecule has 2 rings (SSSR count). The van der Waals surface area contributed by atoms with E-state index in [0.717, 1.165) is 0 Å². The average molecular weight is 211 g/mol. The van der Waals surface area contributed by atoms with Gasteiger partial charge in [0.15, 0.2) is 0 Å². The van der Waals surface area contributed by atoms with E-state index in [1.54, 1.807) is 10.9 Å². The highest BCUT2D eigenvalue weighted by Gasteiger charge is 2.10. The minimum atomic E-state index is -0.435. The number of nitrogens with zero attached hydrogens (tertiary/aromatic N) is 1. The summed E-state index contributed by atoms with van der Waals surface area (Å²) in [6, 6.07) is 2.36. The second-order valence-electron chi connectivity index (χ2n) is 2.95. The van der Waals surface area contributed by atoms with Gasteiger partial charge in [-0.2, -0.15) is 0 Å². The summed E-state index contributed by atoms with van der Waals surface area (Å²) in [5, 5.41) is 1.69. The molecule has 0 fully saturated rings. The van der Waals surface area contributed by atoms with Gasteiger partial charge in [-0.3, -0.25) is 0 Å². The van der Waals surface area contributed by atoms with Gasteiger partial charge in [0.2, 0.25) is 0 Å². The molecule has 4 heteroatoms. The first-order valence-electron chi connectivity index (χ1n) is 4.02.